The number of nitrogens with one attached hydrogen (secondary N) is 1. The highest BCUT2D eigenvalue weighted by Crippen LogP contribution is 2.19. The predicted octanol–water partition coefficient (Wildman–Crippen LogP) is 2.10. The fourth-order valence-electron chi connectivity index (χ4n) is 1.33. The number of nitro groups is 1. The van der Waals surface area contributed by atoms with Crippen molar-refractivity contribution in [3.8, 4) is 0 Å². The van der Waals surface area contributed by atoms with Gasteiger partial charge in [-0.1, -0.05) is 23.5 Å². The van der Waals surface area contributed by atoms with Crippen LogP contribution in [0.15, 0.2) is 35.9 Å². The lowest BCUT2D eigenvalue weighted by Crippen LogP contribution is -2.07. The first-order valence-corrected chi connectivity index (χ1v) is 6.03. The van der Waals surface area contributed by atoms with Gasteiger partial charge in [0.1, 0.15) is 5.51 Å². The second-order valence-electron chi connectivity index (χ2n) is 3.38. The Morgan fingerprint density at radius 2 is 2.21 bits per heavy atom. The molecule has 0 saturated carbocycles. The summed E-state index contributed by atoms with van der Waals surface area (Å²) in [6.07, 6.45) is 2.60. The van der Waals surface area contributed by atoms with Crippen LogP contribution in [0.1, 0.15) is 5.56 Å². The van der Waals surface area contributed by atoms with Gasteiger partial charge in [0.25, 0.3) is 5.69 Å². The maximum absolute atomic E-state index is 11.5. The van der Waals surface area contributed by atoms with E-state index in [4.69, 9.17) is 0 Å². The van der Waals surface area contributed by atoms with E-state index in [0.717, 1.165) is 0 Å². The van der Waals surface area contributed by atoms with Crippen molar-refractivity contribution in [1.29, 1.82) is 0 Å². The number of para-hydroxylation sites is 1. The van der Waals surface area contributed by atoms with Gasteiger partial charge in [-0.2, -0.15) is 0 Å². The molecule has 7 nitrogen and oxygen atoms in total. The third kappa shape index (κ3) is 3.42. The van der Waals surface area contributed by atoms with E-state index in [1.807, 2.05) is 0 Å². The summed E-state index contributed by atoms with van der Waals surface area (Å²) in [4.78, 5) is 21.8. The Labute approximate surface area is 111 Å². The summed E-state index contributed by atoms with van der Waals surface area (Å²) in [5.74, 6) is -0.421. The first kappa shape index (κ1) is 12.8. The van der Waals surface area contributed by atoms with Crippen LogP contribution in [0, 0.1) is 10.1 Å². The molecule has 0 aliphatic heterocycles. The van der Waals surface area contributed by atoms with E-state index >= 15 is 0 Å². The van der Waals surface area contributed by atoms with Crippen LogP contribution in [0.3, 0.4) is 0 Å². The molecule has 0 saturated heterocycles. The Hall–Kier alpha value is -2.61. The standard InChI is InChI=1S/C11H8N4O3S/c16-10(13-11-14-12-7-19-11)6-5-8-3-1-2-4-9(8)15(17)18/h1-7H,(H,13,14,16)/b6-5+. The van der Waals surface area contributed by atoms with Crippen molar-refractivity contribution >= 4 is 34.1 Å². The van der Waals surface area contributed by atoms with Crippen molar-refractivity contribution in [3.05, 3.63) is 51.5 Å². The van der Waals surface area contributed by atoms with E-state index in [9.17, 15) is 14.9 Å². The third-order valence-electron chi connectivity index (χ3n) is 2.14. The summed E-state index contributed by atoms with van der Waals surface area (Å²) >= 11 is 1.18. The molecule has 2 rings (SSSR count). The first-order chi connectivity index (χ1) is 9.16. The minimum absolute atomic E-state index is 0.0533. The van der Waals surface area contributed by atoms with Gasteiger partial charge in [-0.05, 0) is 12.1 Å². The number of rotatable bonds is 4. The molecular weight excluding hydrogens is 268 g/mol. The van der Waals surface area contributed by atoms with Crippen LogP contribution in [0.5, 0.6) is 0 Å². The Balaban J connectivity index is 2.10. The summed E-state index contributed by atoms with van der Waals surface area (Å²) in [5.41, 5.74) is 1.80. The van der Waals surface area contributed by atoms with E-state index in [-0.39, 0.29) is 5.69 Å². The van der Waals surface area contributed by atoms with Crippen LogP contribution >= 0.6 is 11.3 Å². The van der Waals surface area contributed by atoms with Crippen LogP contribution in [0.25, 0.3) is 6.08 Å². The average Bonchev–Trinajstić information content (AvgIpc) is 2.89. The highest BCUT2D eigenvalue weighted by molar-refractivity contribution is 7.13. The van der Waals surface area contributed by atoms with Gasteiger partial charge in [0.15, 0.2) is 0 Å². The monoisotopic (exact) mass is 276 g/mol. The lowest BCUT2D eigenvalue weighted by atomic mass is 10.1. The predicted molar refractivity (Wildman–Crippen MR) is 70.7 cm³/mol. The molecule has 1 aromatic carbocycles. The van der Waals surface area contributed by atoms with Gasteiger partial charge in [0.2, 0.25) is 11.0 Å². The van der Waals surface area contributed by atoms with Gasteiger partial charge in [-0.25, -0.2) is 0 Å². The summed E-state index contributed by atoms with van der Waals surface area (Å²) in [5, 5.41) is 20.9. The van der Waals surface area contributed by atoms with Crippen LogP contribution < -0.4 is 5.32 Å². The molecule has 0 aliphatic rings. The van der Waals surface area contributed by atoms with Gasteiger partial charge >= 0.3 is 0 Å². The van der Waals surface area contributed by atoms with Crippen molar-refractivity contribution in [2.45, 2.75) is 0 Å². The fourth-order valence-corrected chi connectivity index (χ4v) is 1.78. The van der Waals surface area contributed by atoms with E-state index in [1.54, 1.807) is 18.2 Å². The maximum atomic E-state index is 11.5. The van der Waals surface area contributed by atoms with Gasteiger partial charge in [-0.15, -0.1) is 10.2 Å². The maximum Gasteiger partial charge on any atom is 0.276 e. The molecule has 1 aromatic heterocycles. The number of benzene rings is 1. The number of carbonyl (C=O) groups excluding carboxylic acids is 1. The number of anilines is 1. The number of hydrogen-bond acceptors (Lipinski definition) is 6. The highest BCUT2D eigenvalue weighted by Gasteiger charge is 2.09. The Kier molecular flexibility index (Phi) is 3.94. The molecule has 0 spiro atoms. The molecule has 2 aromatic rings. The second kappa shape index (κ2) is 5.83. The summed E-state index contributed by atoms with van der Waals surface area (Å²) in [6, 6.07) is 6.17. The SMILES string of the molecule is O=C(/C=C/c1ccccc1[N+](=O)[O-])Nc1nncs1. The highest BCUT2D eigenvalue weighted by atomic mass is 32.1. The topological polar surface area (TPSA) is 98.0 Å². The molecule has 0 bridgehead atoms. The van der Waals surface area contributed by atoms with Gasteiger partial charge in [0.05, 0.1) is 10.5 Å². The van der Waals surface area contributed by atoms with Crippen LogP contribution in [0.2, 0.25) is 0 Å². The van der Waals surface area contributed by atoms with Crippen LogP contribution in [-0.2, 0) is 4.79 Å². The quantitative estimate of drug-likeness (QED) is 0.524. The zero-order chi connectivity index (χ0) is 13.7. The number of nitro benzene ring substituents is 1. The molecule has 0 radical (unpaired) electrons. The average molecular weight is 276 g/mol. The van der Waals surface area contributed by atoms with Crippen molar-refractivity contribution in [3.63, 3.8) is 0 Å². The molecule has 0 atom stereocenters. The third-order valence-corrected chi connectivity index (χ3v) is 2.74. The lowest BCUT2D eigenvalue weighted by molar-refractivity contribution is -0.385. The van der Waals surface area contributed by atoms with Crippen molar-refractivity contribution < 1.29 is 9.72 Å². The smallest absolute Gasteiger partial charge is 0.276 e. The molecule has 1 N–H and O–H groups in total. The largest absolute Gasteiger partial charge is 0.297 e. The Morgan fingerprint density at radius 3 is 2.89 bits per heavy atom. The summed E-state index contributed by atoms with van der Waals surface area (Å²) < 4.78 is 0. The number of hydrogen-bond donors (Lipinski definition) is 1. The van der Waals surface area contributed by atoms with Gasteiger partial charge in [0, 0.05) is 12.1 Å². The summed E-state index contributed by atoms with van der Waals surface area (Å²) in [7, 11) is 0. The Bertz CT molecular complexity index is 625. The van der Waals surface area contributed by atoms with Gasteiger partial charge < -0.3 is 0 Å². The lowest BCUT2D eigenvalue weighted by Gasteiger charge is -1.97. The molecule has 0 unspecified atom stereocenters. The van der Waals surface area contributed by atoms with Crippen molar-refractivity contribution in [2.24, 2.45) is 0 Å². The Morgan fingerprint density at radius 1 is 1.42 bits per heavy atom. The number of nitrogens with zero attached hydrogens (tertiary/aromatic N) is 3. The zero-order valence-electron chi connectivity index (χ0n) is 9.52. The zero-order valence-corrected chi connectivity index (χ0v) is 10.3. The first-order valence-electron chi connectivity index (χ1n) is 5.15. The van der Waals surface area contributed by atoms with E-state index < -0.39 is 10.8 Å². The fraction of sp³-hybridized carbons (Fsp3) is 0. The molecule has 19 heavy (non-hydrogen) atoms. The van der Waals surface area contributed by atoms with E-state index in [2.05, 4.69) is 15.5 Å². The number of aromatic nitrogens is 2. The van der Waals surface area contributed by atoms with Crippen LogP contribution in [0.4, 0.5) is 10.8 Å². The van der Waals surface area contributed by atoms with Crippen molar-refractivity contribution in [2.75, 3.05) is 5.32 Å². The summed E-state index contributed by atoms with van der Waals surface area (Å²) in [6.45, 7) is 0. The number of carbonyl (C=O) groups is 1. The molecule has 8 heteroatoms. The molecule has 1 heterocycles. The molecule has 1 amide bonds. The molecular formula is C11H8N4O3S. The van der Waals surface area contributed by atoms with Gasteiger partial charge in [-0.3, -0.25) is 20.2 Å². The number of amides is 1. The molecule has 96 valence electrons. The minimum Gasteiger partial charge on any atom is -0.297 e. The van der Waals surface area contributed by atoms with E-state index in [0.29, 0.717) is 10.7 Å². The van der Waals surface area contributed by atoms with Crippen LogP contribution in [-0.4, -0.2) is 21.0 Å². The molecule has 0 fully saturated rings. The molecule has 0 aliphatic carbocycles. The van der Waals surface area contributed by atoms with E-state index in [1.165, 1.54) is 35.1 Å². The minimum atomic E-state index is -0.498. The normalized spacial score (nSPS) is 10.5. The van der Waals surface area contributed by atoms with Crippen molar-refractivity contribution in [1.82, 2.24) is 10.2 Å². The second-order valence-corrected chi connectivity index (χ2v) is 4.22.